The summed E-state index contributed by atoms with van der Waals surface area (Å²) in [6.45, 7) is 2.15. The number of aliphatic imine (C=N–C) groups is 1. The molecule has 0 aliphatic carbocycles. The third-order valence-corrected chi connectivity index (χ3v) is 4.07. The molecule has 0 aliphatic heterocycles. The van der Waals surface area contributed by atoms with Crippen molar-refractivity contribution in [1.82, 2.24) is 4.57 Å². The van der Waals surface area contributed by atoms with Gasteiger partial charge in [-0.15, -0.1) is 0 Å². The second-order valence-electron chi connectivity index (χ2n) is 5.02. The Morgan fingerprint density at radius 2 is 1.91 bits per heavy atom. The Morgan fingerprint density at radius 1 is 1.05 bits per heavy atom. The van der Waals surface area contributed by atoms with Crippen molar-refractivity contribution in [1.29, 1.82) is 0 Å². The highest BCUT2D eigenvalue weighted by Gasteiger charge is 2.02. The second-order valence-corrected chi connectivity index (χ2v) is 5.94. The maximum atomic E-state index is 4.67. The first-order valence-electron chi connectivity index (χ1n) is 7.33. The molecule has 3 rings (SSSR count). The molecule has 110 valence electrons. The number of hydrogen-bond donors (Lipinski definition) is 0. The van der Waals surface area contributed by atoms with E-state index >= 15 is 0 Å². The minimum Gasteiger partial charge on any atom is -0.316 e. The molecule has 0 unspecified atom stereocenters. The Labute approximate surface area is 139 Å². The van der Waals surface area contributed by atoms with Crippen LogP contribution in [0.3, 0.4) is 0 Å². The monoisotopic (exact) mass is 352 g/mol. The van der Waals surface area contributed by atoms with E-state index in [1.807, 2.05) is 30.5 Å². The van der Waals surface area contributed by atoms with E-state index in [9.17, 15) is 0 Å². The summed E-state index contributed by atoms with van der Waals surface area (Å²) in [4.78, 5) is 4.67. The molecule has 0 bridgehead atoms. The van der Waals surface area contributed by atoms with Gasteiger partial charge in [0.15, 0.2) is 0 Å². The number of hydrogen-bond acceptors (Lipinski definition) is 1. The van der Waals surface area contributed by atoms with Gasteiger partial charge >= 0.3 is 0 Å². The predicted molar refractivity (Wildman–Crippen MR) is 96.5 cm³/mol. The zero-order valence-corrected chi connectivity index (χ0v) is 14.0. The Balaban J connectivity index is 1.94. The van der Waals surface area contributed by atoms with Gasteiger partial charge in [0, 0.05) is 16.4 Å². The van der Waals surface area contributed by atoms with Crippen molar-refractivity contribution in [3.63, 3.8) is 0 Å². The molecule has 0 fully saturated rings. The standard InChI is InChI=1S/C19H17BrN2/c1-2-15-7-3-4-11-19(15)21-14-18-10-6-12-22(18)17-9-5-8-16(20)13-17/h3-14H,2H2,1H3. The van der Waals surface area contributed by atoms with Crippen molar-refractivity contribution >= 4 is 27.8 Å². The third-order valence-electron chi connectivity index (χ3n) is 3.58. The molecule has 22 heavy (non-hydrogen) atoms. The number of aromatic nitrogens is 1. The molecule has 0 aliphatic rings. The number of nitrogens with zero attached hydrogens (tertiary/aromatic N) is 2. The zero-order valence-electron chi connectivity index (χ0n) is 12.4. The summed E-state index contributed by atoms with van der Waals surface area (Å²) in [7, 11) is 0. The summed E-state index contributed by atoms with van der Waals surface area (Å²) in [6, 6.07) is 20.6. The van der Waals surface area contributed by atoms with Crippen LogP contribution >= 0.6 is 15.9 Å². The lowest BCUT2D eigenvalue weighted by atomic mass is 10.1. The largest absolute Gasteiger partial charge is 0.316 e. The van der Waals surface area contributed by atoms with Crippen LogP contribution in [0.1, 0.15) is 18.2 Å². The maximum Gasteiger partial charge on any atom is 0.0662 e. The van der Waals surface area contributed by atoms with E-state index in [1.54, 1.807) is 0 Å². The molecule has 0 amide bonds. The van der Waals surface area contributed by atoms with Crippen LogP contribution in [-0.2, 0) is 6.42 Å². The van der Waals surface area contributed by atoms with Crippen LogP contribution in [0.2, 0.25) is 0 Å². The van der Waals surface area contributed by atoms with Crippen molar-refractivity contribution in [2.75, 3.05) is 0 Å². The highest BCUT2D eigenvalue weighted by Crippen LogP contribution is 2.20. The minimum atomic E-state index is 0.986. The lowest BCUT2D eigenvalue weighted by Gasteiger charge is -2.07. The van der Waals surface area contributed by atoms with Gasteiger partial charge in [-0.2, -0.15) is 0 Å². The van der Waals surface area contributed by atoms with E-state index in [1.165, 1.54) is 5.56 Å². The molecule has 2 aromatic carbocycles. The van der Waals surface area contributed by atoms with Crippen LogP contribution in [0.4, 0.5) is 5.69 Å². The Hall–Kier alpha value is -2.13. The number of para-hydroxylation sites is 1. The topological polar surface area (TPSA) is 17.3 Å². The van der Waals surface area contributed by atoms with Crippen molar-refractivity contribution in [3.05, 3.63) is 82.6 Å². The van der Waals surface area contributed by atoms with E-state index in [0.29, 0.717) is 0 Å². The normalized spacial score (nSPS) is 11.2. The maximum absolute atomic E-state index is 4.67. The van der Waals surface area contributed by atoms with Crippen LogP contribution < -0.4 is 0 Å². The SMILES string of the molecule is CCc1ccccc1N=Cc1cccn1-c1cccc(Br)c1. The van der Waals surface area contributed by atoms with Gasteiger partial charge in [0.25, 0.3) is 0 Å². The van der Waals surface area contributed by atoms with Crippen molar-refractivity contribution in [2.45, 2.75) is 13.3 Å². The Kier molecular flexibility index (Phi) is 4.54. The first-order chi connectivity index (χ1) is 10.8. The fourth-order valence-corrected chi connectivity index (χ4v) is 2.82. The van der Waals surface area contributed by atoms with Crippen LogP contribution in [-0.4, -0.2) is 10.8 Å². The Morgan fingerprint density at radius 3 is 2.73 bits per heavy atom. The van der Waals surface area contributed by atoms with E-state index in [0.717, 1.165) is 28.0 Å². The molecule has 0 saturated heterocycles. The van der Waals surface area contributed by atoms with Crippen molar-refractivity contribution in [3.8, 4) is 5.69 Å². The second kappa shape index (κ2) is 6.75. The predicted octanol–water partition coefficient (Wildman–Crippen LogP) is 5.55. The highest BCUT2D eigenvalue weighted by molar-refractivity contribution is 9.10. The molecule has 0 spiro atoms. The van der Waals surface area contributed by atoms with Crippen LogP contribution in [0.15, 0.2) is 76.3 Å². The van der Waals surface area contributed by atoms with E-state index < -0.39 is 0 Å². The summed E-state index contributed by atoms with van der Waals surface area (Å²) in [5.41, 5.74) is 4.47. The quantitative estimate of drug-likeness (QED) is 0.547. The average Bonchev–Trinajstić information content (AvgIpc) is 3.01. The summed E-state index contributed by atoms with van der Waals surface area (Å²) >= 11 is 3.52. The minimum absolute atomic E-state index is 0.986. The molecule has 1 aromatic heterocycles. The molecule has 0 atom stereocenters. The number of halogens is 1. The van der Waals surface area contributed by atoms with Gasteiger partial charge in [-0.1, -0.05) is 47.1 Å². The molecule has 0 saturated carbocycles. The van der Waals surface area contributed by atoms with Crippen LogP contribution in [0.5, 0.6) is 0 Å². The fraction of sp³-hybridized carbons (Fsp3) is 0.105. The number of rotatable bonds is 4. The molecule has 3 aromatic rings. The molecular weight excluding hydrogens is 336 g/mol. The molecule has 2 nitrogen and oxygen atoms in total. The summed E-state index contributed by atoms with van der Waals surface area (Å²) in [5.74, 6) is 0. The lowest BCUT2D eigenvalue weighted by molar-refractivity contribution is 1.06. The van der Waals surface area contributed by atoms with Gasteiger partial charge < -0.3 is 4.57 Å². The third kappa shape index (κ3) is 3.20. The highest BCUT2D eigenvalue weighted by atomic mass is 79.9. The van der Waals surface area contributed by atoms with E-state index in [4.69, 9.17) is 0 Å². The summed E-state index contributed by atoms with van der Waals surface area (Å²) in [6.07, 6.45) is 4.96. The lowest BCUT2D eigenvalue weighted by Crippen LogP contribution is -1.97. The molecule has 0 radical (unpaired) electrons. The fourth-order valence-electron chi connectivity index (χ4n) is 2.43. The summed E-state index contributed by atoms with van der Waals surface area (Å²) in [5, 5.41) is 0. The van der Waals surface area contributed by atoms with Crippen LogP contribution in [0.25, 0.3) is 5.69 Å². The molecule has 0 N–H and O–H groups in total. The van der Waals surface area contributed by atoms with E-state index in [2.05, 4.69) is 75.0 Å². The van der Waals surface area contributed by atoms with Gasteiger partial charge in [-0.3, -0.25) is 4.99 Å². The smallest absolute Gasteiger partial charge is 0.0662 e. The van der Waals surface area contributed by atoms with Gasteiger partial charge in [-0.25, -0.2) is 0 Å². The average molecular weight is 353 g/mol. The zero-order chi connectivity index (χ0) is 15.4. The number of benzene rings is 2. The van der Waals surface area contributed by atoms with Crippen LogP contribution in [0, 0.1) is 0 Å². The van der Waals surface area contributed by atoms with Crippen molar-refractivity contribution < 1.29 is 0 Å². The van der Waals surface area contributed by atoms with Crippen molar-refractivity contribution in [2.24, 2.45) is 4.99 Å². The molecule has 1 heterocycles. The Bertz CT molecular complexity index is 802. The first kappa shape index (κ1) is 14.8. The van der Waals surface area contributed by atoms with E-state index in [-0.39, 0.29) is 0 Å². The van der Waals surface area contributed by atoms with Gasteiger partial charge in [0.1, 0.15) is 0 Å². The number of aryl methyl sites for hydroxylation is 1. The molecular formula is C19H17BrN2. The van der Waals surface area contributed by atoms with Gasteiger partial charge in [0.05, 0.1) is 17.6 Å². The molecule has 3 heteroatoms. The van der Waals surface area contributed by atoms with Gasteiger partial charge in [-0.05, 0) is 48.4 Å². The first-order valence-corrected chi connectivity index (χ1v) is 8.12. The summed E-state index contributed by atoms with van der Waals surface area (Å²) < 4.78 is 3.20. The van der Waals surface area contributed by atoms with Gasteiger partial charge in [0.2, 0.25) is 0 Å².